The van der Waals surface area contributed by atoms with E-state index in [1.54, 1.807) is 0 Å². The number of halogens is 1. The molecule has 4 rings (SSSR count). The Balaban J connectivity index is 1.20. The second-order valence-electron chi connectivity index (χ2n) is 8.17. The van der Waals surface area contributed by atoms with Crippen LogP contribution in [0.1, 0.15) is 32.1 Å². The predicted octanol–water partition coefficient (Wildman–Crippen LogP) is 1.81. The summed E-state index contributed by atoms with van der Waals surface area (Å²) in [7, 11) is 0. The fourth-order valence-corrected chi connectivity index (χ4v) is 6.00. The first-order valence-electron chi connectivity index (χ1n) is 9.30. The molecule has 0 radical (unpaired) electrons. The Morgan fingerprint density at radius 1 is 1.00 bits per heavy atom. The smallest absolute Gasteiger partial charge is 0.0201 e. The van der Waals surface area contributed by atoms with Crippen molar-refractivity contribution in [1.29, 1.82) is 0 Å². The number of piperazine rings is 1. The van der Waals surface area contributed by atoms with Crippen LogP contribution in [0.2, 0.25) is 0 Å². The second-order valence-corrected chi connectivity index (χ2v) is 9.54. The van der Waals surface area contributed by atoms with Gasteiger partial charge < -0.3 is 10.2 Å². The van der Waals surface area contributed by atoms with Gasteiger partial charge in [0.15, 0.2) is 0 Å². The van der Waals surface area contributed by atoms with Crippen LogP contribution >= 0.6 is 22.9 Å². The lowest BCUT2D eigenvalue weighted by molar-refractivity contribution is -0.0473. The van der Waals surface area contributed by atoms with Crippen LogP contribution in [0.15, 0.2) is 0 Å². The van der Waals surface area contributed by atoms with E-state index in [9.17, 15) is 0 Å². The van der Waals surface area contributed by atoms with Crippen molar-refractivity contribution in [3.8, 4) is 0 Å². The third kappa shape index (κ3) is 3.48. The molecule has 0 aromatic carbocycles. The average Bonchev–Trinajstić information content (AvgIpc) is 2.92. The second kappa shape index (κ2) is 6.82. The summed E-state index contributed by atoms with van der Waals surface area (Å²) < 4.78 is 2.47. The highest BCUT2D eigenvalue weighted by atomic mass is 127. The van der Waals surface area contributed by atoms with E-state index in [4.69, 9.17) is 0 Å². The van der Waals surface area contributed by atoms with Crippen LogP contribution in [-0.4, -0.2) is 77.9 Å². The van der Waals surface area contributed by atoms with E-state index in [2.05, 4.69) is 41.1 Å². The van der Waals surface area contributed by atoms with Crippen molar-refractivity contribution < 1.29 is 0 Å². The summed E-state index contributed by atoms with van der Waals surface area (Å²) in [6.45, 7) is 11.7. The van der Waals surface area contributed by atoms with Crippen molar-refractivity contribution in [3.63, 3.8) is 0 Å². The molecule has 1 unspecified atom stereocenters. The highest BCUT2D eigenvalue weighted by Crippen LogP contribution is 2.51. The van der Waals surface area contributed by atoms with Crippen LogP contribution in [0.25, 0.3) is 0 Å². The van der Waals surface area contributed by atoms with E-state index in [-0.39, 0.29) is 0 Å². The Kier molecular flexibility index (Phi) is 4.98. The summed E-state index contributed by atoms with van der Waals surface area (Å²) in [5, 5.41) is 3.48. The van der Waals surface area contributed by atoms with E-state index in [0.29, 0.717) is 0 Å². The zero-order valence-electron chi connectivity index (χ0n) is 13.8. The SMILES string of the molecule is IN1CCC(CN2CCC3(CC2)CC(N2CCNCC2)C3)C1. The van der Waals surface area contributed by atoms with E-state index in [0.717, 1.165) is 17.4 Å². The Bertz CT molecular complexity index is 369. The maximum atomic E-state index is 3.48. The van der Waals surface area contributed by atoms with Crippen molar-refractivity contribution in [1.82, 2.24) is 18.2 Å². The van der Waals surface area contributed by atoms with Crippen LogP contribution in [-0.2, 0) is 0 Å². The molecule has 126 valence electrons. The molecular weight excluding hydrogens is 387 g/mol. The molecule has 0 amide bonds. The molecule has 1 spiro atoms. The average molecular weight is 418 g/mol. The molecule has 1 N–H and O–H groups in total. The number of nitrogens with one attached hydrogen (secondary N) is 1. The van der Waals surface area contributed by atoms with Gasteiger partial charge in [0.05, 0.1) is 0 Å². The molecule has 4 aliphatic rings. The monoisotopic (exact) mass is 418 g/mol. The molecule has 1 atom stereocenters. The van der Waals surface area contributed by atoms with Gasteiger partial charge in [0.2, 0.25) is 0 Å². The first-order chi connectivity index (χ1) is 10.7. The van der Waals surface area contributed by atoms with Crippen LogP contribution in [0, 0.1) is 11.3 Å². The van der Waals surface area contributed by atoms with Gasteiger partial charge in [-0.05, 0) is 56.5 Å². The van der Waals surface area contributed by atoms with E-state index in [1.165, 1.54) is 91.0 Å². The highest BCUT2D eigenvalue weighted by molar-refractivity contribution is 14.1. The molecule has 4 fully saturated rings. The third-order valence-electron chi connectivity index (χ3n) is 6.67. The Morgan fingerprint density at radius 3 is 2.36 bits per heavy atom. The summed E-state index contributed by atoms with van der Waals surface area (Å²) in [5.41, 5.74) is 0.733. The van der Waals surface area contributed by atoms with E-state index in [1.807, 2.05) is 0 Å². The predicted molar refractivity (Wildman–Crippen MR) is 99.3 cm³/mol. The highest BCUT2D eigenvalue weighted by Gasteiger charge is 2.47. The van der Waals surface area contributed by atoms with Gasteiger partial charge in [0, 0.05) is 74.7 Å². The molecule has 3 aliphatic heterocycles. The maximum absolute atomic E-state index is 3.48. The first kappa shape index (κ1) is 16.1. The number of hydrogen-bond donors (Lipinski definition) is 1. The number of nitrogens with zero attached hydrogens (tertiary/aromatic N) is 3. The molecular formula is C17H31IN4. The quantitative estimate of drug-likeness (QED) is 0.558. The van der Waals surface area contributed by atoms with Crippen molar-refractivity contribution in [2.45, 2.75) is 38.1 Å². The molecule has 5 heteroatoms. The van der Waals surface area contributed by atoms with Gasteiger partial charge in [-0.25, -0.2) is 3.11 Å². The molecule has 3 saturated heterocycles. The summed E-state index contributed by atoms with van der Waals surface area (Å²) in [5.74, 6) is 0.931. The molecule has 1 aliphatic carbocycles. The van der Waals surface area contributed by atoms with Gasteiger partial charge in [0.25, 0.3) is 0 Å². The molecule has 0 bridgehead atoms. The largest absolute Gasteiger partial charge is 0.314 e. The zero-order valence-corrected chi connectivity index (χ0v) is 15.9. The van der Waals surface area contributed by atoms with Gasteiger partial charge in [-0.2, -0.15) is 0 Å². The fraction of sp³-hybridized carbons (Fsp3) is 1.00. The van der Waals surface area contributed by atoms with Gasteiger partial charge in [-0.1, -0.05) is 0 Å². The van der Waals surface area contributed by atoms with Gasteiger partial charge in [0.1, 0.15) is 0 Å². The number of piperidine rings is 1. The van der Waals surface area contributed by atoms with Crippen LogP contribution in [0.3, 0.4) is 0 Å². The van der Waals surface area contributed by atoms with E-state index >= 15 is 0 Å². The lowest BCUT2D eigenvalue weighted by atomic mass is 9.60. The Morgan fingerprint density at radius 2 is 1.73 bits per heavy atom. The van der Waals surface area contributed by atoms with Crippen LogP contribution in [0.5, 0.6) is 0 Å². The minimum Gasteiger partial charge on any atom is -0.314 e. The van der Waals surface area contributed by atoms with Crippen molar-refractivity contribution >= 4 is 22.9 Å². The van der Waals surface area contributed by atoms with Crippen LogP contribution in [0.4, 0.5) is 0 Å². The number of rotatable bonds is 3. The lowest BCUT2D eigenvalue weighted by Gasteiger charge is -2.56. The first-order valence-corrected chi connectivity index (χ1v) is 10.3. The molecule has 3 heterocycles. The van der Waals surface area contributed by atoms with Crippen molar-refractivity contribution in [2.75, 3.05) is 58.9 Å². The summed E-state index contributed by atoms with van der Waals surface area (Å²) in [6, 6.07) is 0.913. The van der Waals surface area contributed by atoms with E-state index < -0.39 is 0 Å². The van der Waals surface area contributed by atoms with Gasteiger partial charge in [-0.3, -0.25) is 4.90 Å². The normalized spacial score (nSPS) is 35.0. The summed E-state index contributed by atoms with van der Waals surface area (Å²) in [6.07, 6.45) is 7.33. The Labute approximate surface area is 149 Å². The Hall–Kier alpha value is 0.570. The van der Waals surface area contributed by atoms with Crippen molar-refractivity contribution in [2.24, 2.45) is 11.3 Å². The minimum atomic E-state index is 0.733. The zero-order chi connectivity index (χ0) is 15.0. The molecule has 22 heavy (non-hydrogen) atoms. The van der Waals surface area contributed by atoms with Crippen molar-refractivity contribution in [3.05, 3.63) is 0 Å². The topological polar surface area (TPSA) is 21.8 Å². The lowest BCUT2D eigenvalue weighted by Crippen LogP contribution is -2.58. The standard InChI is InChI=1S/C17H31IN4/c18-22-6-1-15(14-22)13-20-7-2-17(3-8-20)11-16(12-17)21-9-4-19-5-10-21/h15-16,19H,1-14H2. The maximum Gasteiger partial charge on any atom is 0.0201 e. The third-order valence-corrected chi connectivity index (χ3v) is 7.55. The summed E-state index contributed by atoms with van der Waals surface area (Å²) >= 11 is 2.49. The molecule has 1 saturated carbocycles. The fourth-order valence-electron chi connectivity index (χ4n) is 5.16. The molecule has 0 aromatic rings. The molecule has 4 nitrogen and oxygen atoms in total. The number of hydrogen-bond acceptors (Lipinski definition) is 4. The van der Waals surface area contributed by atoms with Gasteiger partial charge >= 0.3 is 0 Å². The van der Waals surface area contributed by atoms with Crippen LogP contribution < -0.4 is 5.32 Å². The van der Waals surface area contributed by atoms with Gasteiger partial charge in [-0.15, -0.1) is 0 Å². The summed E-state index contributed by atoms with van der Waals surface area (Å²) in [4.78, 5) is 5.52. The molecule has 0 aromatic heterocycles. The minimum absolute atomic E-state index is 0.733. The number of likely N-dealkylation sites (tertiary alicyclic amines) is 1.